The second-order valence-electron chi connectivity index (χ2n) is 6.20. The number of nitrogens with zero attached hydrogens (tertiary/aromatic N) is 1. The molecule has 2 amide bonds. The average molecular weight is 449 g/mol. The van der Waals surface area contributed by atoms with Gasteiger partial charge >= 0.3 is 0 Å². The topological polar surface area (TPSA) is 77.0 Å². The highest BCUT2D eigenvalue weighted by Gasteiger charge is 2.23. The normalized spacial score (nSPS) is 14.6. The number of benzene rings is 2. The van der Waals surface area contributed by atoms with Crippen molar-refractivity contribution < 1.29 is 23.5 Å². The number of carbonyl (C=O) groups is 2. The Morgan fingerprint density at radius 2 is 2.10 bits per heavy atom. The number of amides is 2. The number of thioether (sulfide) groups is 1. The first-order valence-corrected chi connectivity index (χ1v) is 10.2. The number of halogens is 2. The second-order valence-corrected chi connectivity index (χ2v) is 7.63. The van der Waals surface area contributed by atoms with Crippen molar-refractivity contribution >= 4 is 46.4 Å². The van der Waals surface area contributed by atoms with E-state index in [9.17, 15) is 14.0 Å². The minimum atomic E-state index is -0.454. The number of nitrogens with one attached hydrogen (secondary N) is 1. The summed E-state index contributed by atoms with van der Waals surface area (Å²) in [4.78, 5) is 27.4. The zero-order chi connectivity index (χ0) is 21.7. The summed E-state index contributed by atoms with van der Waals surface area (Å²) in [5, 5.41) is 3.00. The number of rotatable bonds is 6. The van der Waals surface area contributed by atoms with Gasteiger partial charge in [0.15, 0.2) is 16.7 Å². The van der Waals surface area contributed by atoms with Crippen molar-refractivity contribution in [1.82, 2.24) is 5.32 Å². The Morgan fingerprint density at radius 1 is 1.30 bits per heavy atom. The third-order valence-electron chi connectivity index (χ3n) is 3.81. The van der Waals surface area contributed by atoms with Crippen molar-refractivity contribution in [3.8, 4) is 11.5 Å². The molecule has 0 bridgehead atoms. The molecule has 1 N–H and O–H groups in total. The van der Waals surface area contributed by atoms with Gasteiger partial charge < -0.3 is 14.8 Å². The molecule has 1 aliphatic rings. The molecule has 1 heterocycles. The van der Waals surface area contributed by atoms with Crippen LogP contribution in [0.25, 0.3) is 6.08 Å². The lowest BCUT2D eigenvalue weighted by Gasteiger charge is -2.15. The first-order chi connectivity index (χ1) is 14.4. The fourth-order valence-electron chi connectivity index (χ4n) is 2.62. The molecule has 156 valence electrons. The summed E-state index contributed by atoms with van der Waals surface area (Å²) in [6, 6.07) is 9.39. The van der Waals surface area contributed by atoms with Crippen LogP contribution in [0.5, 0.6) is 11.5 Å². The molecule has 0 aromatic heterocycles. The van der Waals surface area contributed by atoms with Gasteiger partial charge in [-0.15, -0.1) is 0 Å². The van der Waals surface area contributed by atoms with Crippen LogP contribution in [-0.2, 0) is 16.2 Å². The quantitative estimate of drug-likeness (QED) is 0.655. The summed E-state index contributed by atoms with van der Waals surface area (Å²) in [6.07, 6.45) is 1.61. The van der Waals surface area contributed by atoms with Crippen LogP contribution in [0.3, 0.4) is 0 Å². The molecule has 3 rings (SSSR count). The van der Waals surface area contributed by atoms with Gasteiger partial charge in [-0.1, -0.05) is 23.7 Å². The van der Waals surface area contributed by atoms with Gasteiger partial charge in [0.25, 0.3) is 5.91 Å². The molecule has 0 saturated carbocycles. The van der Waals surface area contributed by atoms with Gasteiger partial charge in [-0.25, -0.2) is 4.39 Å². The van der Waals surface area contributed by atoms with E-state index in [0.717, 1.165) is 11.8 Å². The summed E-state index contributed by atoms with van der Waals surface area (Å²) in [5.74, 6) is -0.396. The average Bonchev–Trinajstić information content (AvgIpc) is 2.99. The zero-order valence-electron chi connectivity index (χ0n) is 16.2. The largest absolute Gasteiger partial charge is 0.490 e. The number of aliphatic imine (C=N–C) groups is 1. The van der Waals surface area contributed by atoms with E-state index in [1.54, 1.807) is 30.3 Å². The van der Waals surface area contributed by atoms with E-state index in [4.69, 9.17) is 21.1 Å². The molecule has 2 aromatic carbocycles. The van der Waals surface area contributed by atoms with Gasteiger partial charge in [-0.05, 0) is 60.2 Å². The predicted octanol–water partition coefficient (Wildman–Crippen LogP) is 4.56. The van der Waals surface area contributed by atoms with E-state index in [0.29, 0.717) is 34.1 Å². The molecule has 0 spiro atoms. The molecule has 30 heavy (non-hydrogen) atoms. The van der Waals surface area contributed by atoms with Crippen molar-refractivity contribution in [1.29, 1.82) is 0 Å². The lowest BCUT2D eigenvalue weighted by atomic mass is 10.1. The van der Waals surface area contributed by atoms with Gasteiger partial charge in [-0.3, -0.25) is 9.59 Å². The van der Waals surface area contributed by atoms with E-state index in [2.05, 4.69) is 10.3 Å². The predicted molar refractivity (Wildman–Crippen MR) is 115 cm³/mol. The Balaban J connectivity index is 1.82. The monoisotopic (exact) mass is 448 g/mol. The molecular weight excluding hydrogens is 431 g/mol. The second kappa shape index (κ2) is 9.77. The highest BCUT2D eigenvalue weighted by atomic mass is 35.5. The molecule has 9 heteroatoms. The van der Waals surface area contributed by atoms with Crippen LogP contribution in [0.1, 0.15) is 25.0 Å². The molecular formula is C21H18ClFN2O4S. The lowest BCUT2D eigenvalue weighted by molar-refractivity contribution is -0.117. The van der Waals surface area contributed by atoms with Crippen molar-refractivity contribution in [2.24, 2.45) is 4.99 Å². The van der Waals surface area contributed by atoms with Gasteiger partial charge in [0.1, 0.15) is 12.4 Å². The molecule has 0 saturated heterocycles. The van der Waals surface area contributed by atoms with E-state index in [1.165, 1.54) is 19.1 Å². The van der Waals surface area contributed by atoms with Crippen LogP contribution >= 0.6 is 23.4 Å². The zero-order valence-corrected chi connectivity index (χ0v) is 17.8. The van der Waals surface area contributed by atoms with Crippen LogP contribution in [0.15, 0.2) is 46.3 Å². The summed E-state index contributed by atoms with van der Waals surface area (Å²) >= 11 is 7.46. The number of hydrogen-bond donors (Lipinski definition) is 1. The minimum Gasteiger partial charge on any atom is -0.490 e. The van der Waals surface area contributed by atoms with Crippen molar-refractivity contribution in [3.63, 3.8) is 0 Å². The van der Waals surface area contributed by atoms with E-state index in [1.807, 2.05) is 6.92 Å². The number of carbonyl (C=O) groups excluding carboxylic acids is 2. The molecule has 6 nitrogen and oxygen atoms in total. The van der Waals surface area contributed by atoms with Gasteiger partial charge in [0.2, 0.25) is 5.91 Å². The van der Waals surface area contributed by atoms with Gasteiger partial charge in [0.05, 0.1) is 16.5 Å². The minimum absolute atomic E-state index is 0.111. The first-order valence-electron chi connectivity index (χ1n) is 8.99. The van der Waals surface area contributed by atoms with Crippen LogP contribution in [-0.4, -0.2) is 23.6 Å². The lowest BCUT2D eigenvalue weighted by Crippen LogP contribution is -2.23. The number of ether oxygens (including phenoxy) is 2. The van der Waals surface area contributed by atoms with Crippen molar-refractivity contribution in [2.75, 3.05) is 6.61 Å². The summed E-state index contributed by atoms with van der Waals surface area (Å²) in [5.41, 5.74) is 1.26. The van der Waals surface area contributed by atoms with Gasteiger partial charge in [0, 0.05) is 6.92 Å². The SMILES string of the molecule is CCOc1cc(/C=C2/SC(NC(C)=O)=NC2=O)cc(Cl)c1OCc1cccc(F)c1. The maximum Gasteiger partial charge on any atom is 0.286 e. The Bertz CT molecular complexity index is 1060. The van der Waals surface area contributed by atoms with Crippen LogP contribution in [0, 0.1) is 5.82 Å². The Morgan fingerprint density at radius 3 is 2.80 bits per heavy atom. The summed E-state index contributed by atoms with van der Waals surface area (Å²) < 4.78 is 24.8. The van der Waals surface area contributed by atoms with Crippen molar-refractivity contribution in [3.05, 3.63) is 63.3 Å². The van der Waals surface area contributed by atoms with Crippen LogP contribution in [0.4, 0.5) is 4.39 Å². The third-order valence-corrected chi connectivity index (χ3v) is 4.98. The summed E-state index contributed by atoms with van der Waals surface area (Å²) in [7, 11) is 0. The molecule has 0 aliphatic carbocycles. The smallest absolute Gasteiger partial charge is 0.286 e. The summed E-state index contributed by atoms with van der Waals surface area (Å²) in [6.45, 7) is 3.64. The third kappa shape index (κ3) is 5.61. The Kier molecular flexibility index (Phi) is 7.12. The first kappa shape index (κ1) is 21.9. The fraction of sp³-hybridized carbons (Fsp3) is 0.190. The highest BCUT2D eigenvalue weighted by Crippen LogP contribution is 2.39. The standard InChI is InChI=1S/C21H18ClFN2O4S/c1-3-28-17-9-14(10-18-20(27)25-21(30-18)24-12(2)26)8-16(22)19(17)29-11-13-5-4-6-15(23)7-13/h4-10H,3,11H2,1-2H3,(H,24,25,26,27)/b18-10+. The van der Waals surface area contributed by atoms with E-state index >= 15 is 0 Å². The Labute approximate surface area is 182 Å². The maximum atomic E-state index is 13.4. The Hall–Kier alpha value is -2.84. The van der Waals surface area contributed by atoms with E-state index in [-0.39, 0.29) is 28.5 Å². The fourth-order valence-corrected chi connectivity index (χ4v) is 3.75. The van der Waals surface area contributed by atoms with Crippen LogP contribution < -0.4 is 14.8 Å². The maximum absolute atomic E-state index is 13.4. The number of hydrogen-bond acceptors (Lipinski definition) is 5. The van der Waals surface area contributed by atoms with Gasteiger partial charge in [-0.2, -0.15) is 4.99 Å². The highest BCUT2D eigenvalue weighted by molar-refractivity contribution is 8.18. The molecule has 0 atom stereocenters. The van der Waals surface area contributed by atoms with Crippen molar-refractivity contribution in [2.45, 2.75) is 20.5 Å². The van der Waals surface area contributed by atoms with E-state index < -0.39 is 5.91 Å². The number of amidine groups is 1. The molecule has 2 aromatic rings. The van der Waals surface area contributed by atoms with Crippen LogP contribution in [0.2, 0.25) is 5.02 Å². The molecule has 0 fully saturated rings. The molecule has 1 aliphatic heterocycles. The molecule has 0 unspecified atom stereocenters. The molecule has 0 radical (unpaired) electrons.